The minimum Gasteiger partial charge on any atom is -0.494 e. The van der Waals surface area contributed by atoms with Crippen LogP contribution in [0.4, 0.5) is 24.5 Å². The van der Waals surface area contributed by atoms with E-state index in [0.717, 1.165) is 30.3 Å². The number of nitrogens with one attached hydrogen (secondary N) is 1. The first kappa shape index (κ1) is 26.9. The van der Waals surface area contributed by atoms with Crippen LogP contribution in [0.2, 0.25) is 5.02 Å². The monoisotopic (exact) mass is 527 g/mol. The predicted octanol–water partition coefficient (Wildman–Crippen LogP) is 6.52. The number of amides is 2. The second-order valence-corrected chi connectivity index (χ2v) is 9.29. The minimum atomic E-state index is -4.63. The van der Waals surface area contributed by atoms with Gasteiger partial charge in [0, 0.05) is 18.7 Å². The van der Waals surface area contributed by atoms with E-state index in [4.69, 9.17) is 16.3 Å². The van der Waals surface area contributed by atoms with Crippen molar-refractivity contribution >= 4 is 51.7 Å². The molecule has 2 aromatic rings. The van der Waals surface area contributed by atoms with Gasteiger partial charge in [0.2, 0.25) is 11.8 Å². The van der Waals surface area contributed by atoms with Crippen molar-refractivity contribution in [2.75, 3.05) is 18.5 Å². The number of nitrogens with zero attached hydrogens (tertiary/aromatic N) is 2. The molecule has 11 heteroatoms. The van der Waals surface area contributed by atoms with E-state index >= 15 is 0 Å². The van der Waals surface area contributed by atoms with Gasteiger partial charge in [0.05, 0.1) is 22.9 Å². The number of alkyl halides is 3. The smallest absolute Gasteiger partial charge is 0.417 e. The number of aliphatic imine (C=N–C) groups is 1. The van der Waals surface area contributed by atoms with Crippen LogP contribution in [0, 0.1) is 0 Å². The molecule has 0 spiro atoms. The number of carbonyl (C=O) groups excluding carboxylic acids is 2. The first-order chi connectivity index (χ1) is 16.6. The Morgan fingerprint density at radius 3 is 2.54 bits per heavy atom. The normalized spacial score (nSPS) is 17.2. The van der Waals surface area contributed by atoms with Crippen LogP contribution in [-0.4, -0.2) is 40.3 Å². The van der Waals surface area contributed by atoms with Gasteiger partial charge < -0.3 is 10.1 Å². The topological polar surface area (TPSA) is 71.0 Å². The Bertz CT molecular complexity index is 1090. The van der Waals surface area contributed by atoms with Gasteiger partial charge in [-0.1, -0.05) is 36.7 Å². The second kappa shape index (κ2) is 11.8. The molecule has 1 aliphatic heterocycles. The Labute approximate surface area is 210 Å². The zero-order valence-electron chi connectivity index (χ0n) is 19.2. The van der Waals surface area contributed by atoms with Gasteiger partial charge in [0.1, 0.15) is 11.0 Å². The van der Waals surface area contributed by atoms with Crippen LogP contribution >= 0.6 is 23.4 Å². The SMILES string of the molecule is CCCCN1C(=O)[C@@H](CC(=O)Nc2ccc(OCC)cc2)SC1=Nc1ccc(Cl)c(C(F)(F)F)c1. The summed E-state index contributed by atoms with van der Waals surface area (Å²) in [5.74, 6) is 0.0203. The molecule has 0 radical (unpaired) electrons. The molecule has 0 bridgehead atoms. The van der Waals surface area contributed by atoms with Crippen LogP contribution in [0.25, 0.3) is 0 Å². The van der Waals surface area contributed by atoms with E-state index in [1.807, 2.05) is 13.8 Å². The number of rotatable bonds is 9. The molecule has 2 amide bonds. The van der Waals surface area contributed by atoms with Crippen molar-refractivity contribution in [3.8, 4) is 5.75 Å². The van der Waals surface area contributed by atoms with E-state index in [-0.39, 0.29) is 29.1 Å². The first-order valence-corrected chi connectivity index (χ1v) is 12.3. The fourth-order valence-electron chi connectivity index (χ4n) is 3.34. The van der Waals surface area contributed by atoms with E-state index < -0.39 is 22.0 Å². The van der Waals surface area contributed by atoms with E-state index in [1.165, 1.54) is 11.0 Å². The standard InChI is InChI=1S/C24H25ClF3N3O3S/c1-3-5-12-31-22(33)20(14-21(32)29-15-6-9-17(10-7-15)34-4-2)35-23(31)30-16-8-11-19(25)18(13-16)24(26,27)28/h6-11,13,20H,3-5,12,14H2,1-2H3,(H,29,32)/t20-/m1/s1. The Morgan fingerprint density at radius 2 is 1.91 bits per heavy atom. The van der Waals surface area contributed by atoms with Gasteiger partial charge in [-0.05, 0) is 55.8 Å². The van der Waals surface area contributed by atoms with Crippen molar-refractivity contribution < 1.29 is 27.5 Å². The maximum Gasteiger partial charge on any atom is 0.417 e. The van der Waals surface area contributed by atoms with Gasteiger partial charge in [0.25, 0.3) is 0 Å². The maximum absolute atomic E-state index is 13.2. The molecule has 6 nitrogen and oxygen atoms in total. The van der Waals surface area contributed by atoms with Crippen molar-refractivity contribution in [2.24, 2.45) is 4.99 Å². The number of anilines is 1. The lowest BCUT2D eigenvalue weighted by Gasteiger charge is -2.16. The van der Waals surface area contributed by atoms with Crippen molar-refractivity contribution in [3.05, 3.63) is 53.1 Å². The quantitative estimate of drug-likeness (QED) is 0.403. The van der Waals surface area contributed by atoms with E-state index in [1.54, 1.807) is 24.3 Å². The molecule has 0 saturated carbocycles. The van der Waals surface area contributed by atoms with Crippen LogP contribution in [0.15, 0.2) is 47.5 Å². The molecule has 35 heavy (non-hydrogen) atoms. The molecule has 1 N–H and O–H groups in total. The van der Waals surface area contributed by atoms with Crippen LogP contribution < -0.4 is 10.1 Å². The predicted molar refractivity (Wildman–Crippen MR) is 132 cm³/mol. The third-order valence-corrected chi connectivity index (χ3v) is 6.56. The zero-order chi connectivity index (χ0) is 25.6. The molecule has 1 atom stereocenters. The zero-order valence-corrected chi connectivity index (χ0v) is 20.8. The van der Waals surface area contributed by atoms with Gasteiger partial charge in [-0.15, -0.1) is 0 Å². The first-order valence-electron chi connectivity index (χ1n) is 11.1. The third-order valence-electron chi connectivity index (χ3n) is 5.06. The lowest BCUT2D eigenvalue weighted by molar-refractivity contribution is -0.137. The largest absolute Gasteiger partial charge is 0.494 e. The highest BCUT2D eigenvalue weighted by molar-refractivity contribution is 8.15. The average Bonchev–Trinajstić information content (AvgIpc) is 3.08. The molecule has 2 aromatic carbocycles. The summed E-state index contributed by atoms with van der Waals surface area (Å²) in [7, 11) is 0. The Hall–Kier alpha value is -2.72. The van der Waals surface area contributed by atoms with Crippen molar-refractivity contribution in [1.29, 1.82) is 0 Å². The van der Waals surface area contributed by atoms with Crippen LogP contribution in [0.3, 0.4) is 0 Å². The molecule has 188 valence electrons. The molecule has 0 aromatic heterocycles. The third kappa shape index (κ3) is 7.14. The molecule has 0 unspecified atom stereocenters. The summed E-state index contributed by atoms with van der Waals surface area (Å²) in [6, 6.07) is 10.2. The fraction of sp³-hybridized carbons (Fsp3) is 0.375. The summed E-state index contributed by atoms with van der Waals surface area (Å²) in [6.07, 6.45) is -3.24. The fourth-order valence-corrected chi connectivity index (χ4v) is 4.75. The van der Waals surface area contributed by atoms with E-state index in [2.05, 4.69) is 10.3 Å². The highest BCUT2D eigenvalue weighted by atomic mass is 35.5. The Balaban J connectivity index is 1.76. The average molecular weight is 528 g/mol. The van der Waals surface area contributed by atoms with Crippen molar-refractivity contribution in [3.63, 3.8) is 0 Å². The van der Waals surface area contributed by atoms with Gasteiger partial charge in [-0.3, -0.25) is 14.5 Å². The summed E-state index contributed by atoms with van der Waals surface area (Å²) in [5, 5.41) is 1.85. The number of carbonyl (C=O) groups is 2. The van der Waals surface area contributed by atoms with Gasteiger partial charge in [-0.2, -0.15) is 13.2 Å². The molecule has 1 heterocycles. The highest BCUT2D eigenvalue weighted by Crippen LogP contribution is 2.38. The Morgan fingerprint density at radius 1 is 1.20 bits per heavy atom. The molecule has 1 fully saturated rings. The number of thioether (sulfide) groups is 1. The number of halogens is 4. The minimum absolute atomic E-state index is 0.0259. The summed E-state index contributed by atoms with van der Waals surface area (Å²) in [5.41, 5.74) is -0.411. The molecule has 1 saturated heterocycles. The molecule has 0 aliphatic carbocycles. The highest BCUT2D eigenvalue weighted by Gasteiger charge is 2.39. The number of benzene rings is 2. The number of hydrogen-bond acceptors (Lipinski definition) is 5. The van der Waals surface area contributed by atoms with Crippen LogP contribution in [-0.2, 0) is 15.8 Å². The molecular formula is C24H25ClF3N3O3S. The number of amidine groups is 1. The van der Waals surface area contributed by atoms with Crippen molar-refractivity contribution in [1.82, 2.24) is 4.90 Å². The lowest BCUT2D eigenvalue weighted by Crippen LogP contribution is -2.34. The summed E-state index contributed by atoms with van der Waals surface area (Å²) >= 11 is 6.77. The van der Waals surface area contributed by atoms with Crippen molar-refractivity contribution in [2.45, 2.75) is 44.5 Å². The lowest BCUT2D eigenvalue weighted by atomic mass is 10.2. The van der Waals surface area contributed by atoms with E-state index in [9.17, 15) is 22.8 Å². The van der Waals surface area contributed by atoms with Crippen LogP contribution in [0.1, 0.15) is 38.7 Å². The van der Waals surface area contributed by atoms with Gasteiger partial charge in [0.15, 0.2) is 5.17 Å². The van der Waals surface area contributed by atoms with E-state index in [0.29, 0.717) is 31.0 Å². The summed E-state index contributed by atoms with van der Waals surface area (Å²) in [6.45, 7) is 4.72. The van der Waals surface area contributed by atoms with Gasteiger partial charge >= 0.3 is 6.18 Å². The molecule has 3 rings (SSSR count). The number of unbranched alkanes of at least 4 members (excludes halogenated alkanes) is 1. The van der Waals surface area contributed by atoms with Crippen LogP contribution in [0.5, 0.6) is 5.75 Å². The molecule has 1 aliphatic rings. The second-order valence-electron chi connectivity index (χ2n) is 7.72. The summed E-state index contributed by atoms with van der Waals surface area (Å²) < 4.78 is 45.1. The number of hydrogen-bond donors (Lipinski definition) is 1. The Kier molecular flexibility index (Phi) is 9.07. The number of ether oxygens (including phenoxy) is 1. The maximum atomic E-state index is 13.2. The van der Waals surface area contributed by atoms with Gasteiger partial charge in [-0.25, -0.2) is 4.99 Å². The molecular weight excluding hydrogens is 503 g/mol. The summed E-state index contributed by atoms with van der Waals surface area (Å²) in [4.78, 5) is 31.4.